The Morgan fingerprint density at radius 2 is 1.94 bits per heavy atom. The van der Waals surface area contributed by atoms with E-state index < -0.39 is 11.6 Å². The highest BCUT2D eigenvalue weighted by atomic mass is 19.2. The first-order valence-corrected chi connectivity index (χ1v) is 4.85. The molecule has 0 saturated carbocycles. The Morgan fingerprint density at radius 3 is 2.50 bits per heavy atom. The molecule has 1 aromatic carbocycles. The number of rotatable bonds is 3. The topological polar surface area (TPSA) is 17.1 Å². The monoisotopic (exact) mass is 222 g/mol. The van der Waals surface area contributed by atoms with Crippen LogP contribution in [0.5, 0.6) is 0 Å². The van der Waals surface area contributed by atoms with E-state index >= 15 is 0 Å². The van der Waals surface area contributed by atoms with Crippen molar-refractivity contribution >= 4 is 11.9 Å². The SMILES string of the molecule is C/C=C\C=C(/C)c1ccc(C=O)c(F)c1F. The number of carbonyl (C=O) groups excluding carboxylic acids is 1. The molecular weight excluding hydrogens is 210 g/mol. The van der Waals surface area contributed by atoms with Crippen LogP contribution in [-0.4, -0.2) is 6.29 Å². The minimum atomic E-state index is -1.10. The molecule has 0 atom stereocenters. The maximum absolute atomic E-state index is 13.5. The van der Waals surface area contributed by atoms with Crippen molar-refractivity contribution in [3.05, 3.63) is 53.1 Å². The summed E-state index contributed by atoms with van der Waals surface area (Å²) < 4.78 is 26.8. The van der Waals surface area contributed by atoms with Crippen molar-refractivity contribution in [3.63, 3.8) is 0 Å². The Balaban J connectivity index is 3.27. The molecule has 0 saturated heterocycles. The summed E-state index contributed by atoms with van der Waals surface area (Å²) in [6.07, 6.45) is 5.50. The van der Waals surface area contributed by atoms with E-state index in [1.807, 2.05) is 6.92 Å². The van der Waals surface area contributed by atoms with Crippen LogP contribution in [0.3, 0.4) is 0 Å². The van der Waals surface area contributed by atoms with Crippen molar-refractivity contribution < 1.29 is 13.6 Å². The van der Waals surface area contributed by atoms with Crippen LogP contribution in [0.4, 0.5) is 8.78 Å². The number of halogens is 2. The van der Waals surface area contributed by atoms with Crippen molar-refractivity contribution in [1.29, 1.82) is 0 Å². The van der Waals surface area contributed by atoms with Gasteiger partial charge >= 0.3 is 0 Å². The van der Waals surface area contributed by atoms with Crippen LogP contribution in [0.25, 0.3) is 5.57 Å². The summed E-state index contributed by atoms with van der Waals surface area (Å²) in [6.45, 7) is 3.51. The molecule has 0 fully saturated rings. The molecule has 0 radical (unpaired) electrons. The summed E-state index contributed by atoms with van der Waals surface area (Å²) in [5, 5.41) is 0. The normalized spacial score (nSPS) is 12.1. The smallest absolute Gasteiger partial charge is 0.169 e. The Hall–Kier alpha value is -1.77. The molecule has 1 nitrogen and oxygen atoms in total. The molecule has 0 unspecified atom stereocenters. The molecule has 1 rings (SSSR count). The van der Waals surface area contributed by atoms with E-state index in [1.54, 1.807) is 25.2 Å². The second kappa shape index (κ2) is 5.35. The molecule has 0 aliphatic rings. The maximum Gasteiger partial charge on any atom is 0.169 e. The van der Waals surface area contributed by atoms with Gasteiger partial charge in [0.25, 0.3) is 0 Å². The Labute approximate surface area is 93.1 Å². The third-order valence-corrected chi connectivity index (χ3v) is 2.20. The summed E-state index contributed by atoms with van der Waals surface area (Å²) >= 11 is 0. The van der Waals surface area contributed by atoms with Crippen molar-refractivity contribution in [1.82, 2.24) is 0 Å². The molecule has 0 bridgehead atoms. The molecule has 0 aliphatic carbocycles. The quantitative estimate of drug-likeness (QED) is 0.562. The Kier molecular flexibility index (Phi) is 4.11. The van der Waals surface area contributed by atoms with Crippen LogP contribution in [-0.2, 0) is 0 Å². The zero-order valence-electron chi connectivity index (χ0n) is 9.13. The first-order valence-electron chi connectivity index (χ1n) is 4.85. The number of hydrogen-bond donors (Lipinski definition) is 0. The van der Waals surface area contributed by atoms with Crippen LogP contribution in [0, 0.1) is 11.6 Å². The molecular formula is C13H12F2O. The third-order valence-electron chi connectivity index (χ3n) is 2.20. The number of benzene rings is 1. The van der Waals surface area contributed by atoms with E-state index in [2.05, 4.69) is 0 Å². The predicted molar refractivity (Wildman–Crippen MR) is 60.2 cm³/mol. The van der Waals surface area contributed by atoms with Gasteiger partial charge in [0, 0.05) is 5.56 Å². The average molecular weight is 222 g/mol. The minimum Gasteiger partial charge on any atom is -0.298 e. The van der Waals surface area contributed by atoms with Gasteiger partial charge in [-0.15, -0.1) is 0 Å². The van der Waals surface area contributed by atoms with Crippen LogP contribution >= 0.6 is 0 Å². The van der Waals surface area contributed by atoms with Gasteiger partial charge in [0.1, 0.15) is 0 Å². The fourth-order valence-electron chi connectivity index (χ4n) is 1.29. The summed E-state index contributed by atoms with van der Waals surface area (Å²) in [5.41, 5.74) is 0.508. The highest BCUT2D eigenvalue weighted by Gasteiger charge is 2.13. The van der Waals surface area contributed by atoms with Gasteiger partial charge in [-0.1, -0.05) is 24.3 Å². The van der Waals surface area contributed by atoms with Gasteiger partial charge in [-0.05, 0) is 25.5 Å². The molecule has 0 N–H and O–H groups in total. The maximum atomic E-state index is 13.5. The van der Waals surface area contributed by atoms with E-state index in [-0.39, 0.29) is 11.1 Å². The van der Waals surface area contributed by atoms with Gasteiger partial charge in [-0.25, -0.2) is 8.78 Å². The molecule has 0 aliphatic heterocycles. The molecule has 0 heterocycles. The number of aldehydes is 1. The van der Waals surface area contributed by atoms with Crippen molar-refractivity contribution in [2.24, 2.45) is 0 Å². The summed E-state index contributed by atoms with van der Waals surface area (Å²) in [6, 6.07) is 2.67. The zero-order valence-corrected chi connectivity index (χ0v) is 9.13. The van der Waals surface area contributed by atoms with Crippen LogP contribution in [0.15, 0.2) is 30.4 Å². The number of carbonyl (C=O) groups is 1. The zero-order chi connectivity index (χ0) is 12.1. The van der Waals surface area contributed by atoms with Gasteiger partial charge in [-0.3, -0.25) is 4.79 Å². The summed E-state index contributed by atoms with van der Waals surface area (Å²) in [7, 11) is 0. The molecule has 84 valence electrons. The predicted octanol–water partition coefficient (Wildman–Crippen LogP) is 3.76. The molecule has 1 aromatic rings. The fraction of sp³-hybridized carbons (Fsp3) is 0.154. The Morgan fingerprint density at radius 1 is 1.25 bits per heavy atom. The van der Waals surface area contributed by atoms with Crippen LogP contribution in [0.1, 0.15) is 29.8 Å². The van der Waals surface area contributed by atoms with Gasteiger partial charge in [-0.2, -0.15) is 0 Å². The lowest BCUT2D eigenvalue weighted by atomic mass is 10.0. The van der Waals surface area contributed by atoms with Crippen molar-refractivity contribution in [2.45, 2.75) is 13.8 Å². The summed E-state index contributed by atoms with van der Waals surface area (Å²) in [5.74, 6) is -2.08. The van der Waals surface area contributed by atoms with Crippen LogP contribution < -0.4 is 0 Å². The number of allylic oxidation sites excluding steroid dienone is 4. The standard InChI is InChI=1S/C13H12F2O/c1-3-4-5-9(2)11-7-6-10(8-16)12(14)13(11)15/h3-8H,1-2H3/b4-3-,9-5+. The van der Waals surface area contributed by atoms with E-state index in [9.17, 15) is 13.6 Å². The molecule has 16 heavy (non-hydrogen) atoms. The largest absolute Gasteiger partial charge is 0.298 e. The second-order valence-corrected chi connectivity index (χ2v) is 3.32. The first-order chi connectivity index (χ1) is 7.61. The van der Waals surface area contributed by atoms with E-state index in [1.165, 1.54) is 12.1 Å². The highest BCUT2D eigenvalue weighted by molar-refractivity contribution is 5.77. The number of hydrogen-bond acceptors (Lipinski definition) is 1. The highest BCUT2D eigenvalue weighted by Crippen LogP contribution is 2.22. The first kappa shape index (κ1) is 12.3. The lowest BCUT2D eigenvalue weighted by molar-refractivity contribution is 0.111. The molecule has 3 heteroatoms. The summed E-state index contributed by atoms with van der Waals surface area (Å²) in [4.78, 5) is 10.4. The molecule has 0 amide bonds. The van der Waals surface area contributed by atoms with Gasteiger partial charge in [0.2, 0.25) is 0 Å². The van der Waals surface area contributed by atoms with Gasteiger partial charge < -0.3 is 0 Å². The lowest BCUT2D eigenvalue weighted by Gasteiger charge is -2.05. The van der Waals surface area contributed by atoms with E-state index in [4.69, 9.17) is 0 Å². The molecule has 0 aromatic heterocycles. The van der Waals surface area contributed by atoms with Crippen molar-refractivity contribution in [2.75, 3.05) is 0 Å². The lowest BCUT2D eigenvalue weighted by Crippen LogP contribution is -1.97. The third kappa shape index (κ3) is 2.42. The van der Waals surface area contributed by atoms with Gasteiger partial charge in [0.15, 0.2) is 17.9 Å². The second-order valence-electron chi connectivity index (χ2n) is 3.32. The van der Waals surface area contributed by atoms with Crippen LogP contribution in [0.2, 0.25) is 0 Å². The minimum absolute atomic E-state index is 0.168. The van der Waals surface area contributed by atoms with Gasteiger partial charge in [0.05, 0.1) is 5.56 Å². The average Bonchev–Trinajstić information content (AvgIpc) is 2.29. The van der Waals surface area contributed by atoms with E-state index in [0.29, 0.717) is 11.9 Å². The van der Waals surface area contributed by atoms with E-state index in [0.717, 1.165) is 0 Å². The Bertz CT molecular complexity index is 459. The molecule has 0 spiro atoms. The fourth-order valence-corrected chi connectivity index (χ4v) is 1.29. The van der Waals surface area contributed by atoms with Crippen molar-refractivity contribution in [3.8, 4) is 0 Å².